The average molecular weight is 433 g/mol. The molecule has 0 spiro atoms. The third kappa shape index (κ3) is 5.18. The van der Waals surface area contributed by atoms with Crippen LogP contribution in [0.1, 0.15) is 25.7 Å². The molecule has 8 heteroatoms. The van der Waals surface area contributed by atoms with Crippen molar-refractivity contribution in [1.29, 1.82) is 0 Å². The van der Waals surface area contributed by atoms with E-state index in [0.29, 0.717) is 22.6 Å². The van der Waals surface area contributed by atoms with E-state index in [-0.39, 0.29) is 12.5 Å². The Kier molecular flexibility index (Phi) is 6.09. The number of hydrogen-bond donors (Lipinski definition) is 2. The van der Waals surface area contributed by atoms with Gasteiger partial charge >= 0.3 is 0 Å². The zero-order valence-electron chi connectivity index (χ0n) is 16.6. The van der Waals surface area contributed by atoms with E-state index in [9.17, 15) is 9.59 Å². The van der Waals surface area contributed by atoms with Crippen molar-refractivity contribution in [2.24, 2.45) is 5.10 Å². The summed E-state index contributed by atoms with van der Waals surface area (Å²) in [4.78, 5) is 27.5. The van der Waals surface area contributed by atoms with E-state index < -0.39 is 11.8 Å². The first kappa shape index (κ1) is 20.4. The van der Waals surface area contributed by atoms with Gasteiger partial charge in [-0.25, -0.2) is 5.43 Å². The molecule has 1 aromatic heterocycles. The molecule has 1 aliphatic rings. The van der Waals surface area contributed by atoms with E-state index in [1.807, 2.05) is 25.1 Å². The third-order valence-corrected chi connectivity index (χ3v) is 5.29. The van der Waals surface area contributed by atoms with Crippen molar-refractivity contribution >= 4 is 35.4 Å². The molecular formula is C23H19N3O4S. The minimum absolute atomic E-state index is 0.0484. The van der Waals surface area contributed by atoms with E-state index in [4.69, 9.17) is 9.47 Å². The van der Waals surface area contributed by atoms with Crippen LogP contribution in [0.3, 0.4) is 0 Å². The third-order valence-electron chi connectivity index (χ3n) is 4.36. The number of thiophene rings is 1. The maximum Gasteiger partial charge on any atom is 0.287 e. The van der Waals surface area contributed by atoms with E-state index in [1.165, 1.54) is 0 Å². The summed E-state index contributed by atoms with van der Waals surface area (Å²) in [5.74, 6) is 0.258. The maximum atomic E-state index is 12.8. The molecule has 2 heterocycles. The van der Waals surface area contributed by atoms with Gasteiger partial charge in [-0.05, 0) is 55.0 Å². The Labute approximate surface area is 183 Å². The fraction of sp³-hybridized carbons (Fsp3) is 0.0870. The second-order valence-corrected chi connectivity index (χ2v) is 7.96. The number of amides is 2. The van der Waals surface area contributed by atoms with E-state index >= 15 is 0 Å². The molecule has 2 aromatic carbocycles. The molecule has 3 aromatic rings. The zero-order valence-corrected chi connectivity index (χ0v) is 17.4. The van der Waals surface area contributed by atoms with Crippen LogP contribution in [0.15, 0.2) is 71.5 Å². The first-order valence-corrected chi connectivity index (χ1v) is 10.3. The Morgan fingerprint density at radius 1 is 1.03 bits per heavy atom. The van der Waals surface area contributed by atoms with Crippen LogP contribution in [0.4, 0.5) is 0 Å². The fourth-order valence-corrected chi connectivity index (χ4v) is 3.60. The highest BCUT2D eigenvalue weighted by atomic mass is 32.1. The van der Waals surface area contributed by atoms with Crippen molar-refractivity contribution in [3.05, 3.63) is 87.2 Å². The lowest BCUT2D eigenvalue weighted by molar-refractivity contribution is -0.117. The zero-order chi connectivity index (χ0) is 21.6. The van der Waals surface area contributed by atoms with Gasteiger partial charge in [0.1, 0.15) is 5.70 Å². The molecular weight excluding hydrogens is 414 g/mol. The largest absolute Gasteiger partial charge is 0.454 e. The molecule has 0 saturated carbocycles. The van der Waals surface area contributed by atoms with Gasteiger partial charge in [0.25, 0.3) is 11.8 Å². The fourth-order valence-electron chi connectivity index (χ4n) is 2.85. The first-order valence-electron chi connectivity index (χ1n) is 9.46. The Bertz CT molecular complexity index is 1170. The first-order chi connectivity index (χ1) is 15.1. The topological polar surface area (TPSA) is 89.0 Å². The molecule has 0 saturated heterocycles. The lowest BCUT2D eigenvalue weighted by atomic mass is 10.1. The molecule has 31 heavy (non-hydrogen) atoms. The van der Waals surface area contributed by atoms with Crippen LogP contribution in [0.5, 0.6) is 11.5 Å². The molecule has 0 atom stereocenters. The standard InChI is InChI=1S/C23H19N3O4S/c1-15-7-9-18(31-15)13-24-26-23(28)19(25-22(27)17-5-3-2-4-6-17)11-16-8-10-20-21(12-16)30-14-29-20/h2-13H,14H2,1H3,(H,25,27)(H,26,28). The van der Waals surface area contributed by atoms with Crippen molar-refractivity contribution in [3.63, 3.8) is 0 Å². The molecule has 4 rings (SSSR count). The van der Waals surface area contributed by atoms with E-state index in [0.717, 1.165) is 9.75 Å². The summed E-state index contributed by atoms with van der Waals surface area (Å²) in [6.07, 6.45) is 3.12. The van der Waals surface area contributed by atoms with Gasteiger partial charge in [0.15, 0.2) is 11.5 Å². The number of fused-ring (bicyclic) bond motifs is 1. The normalized spacial score (nSPS) is 12.7. The van der Waals surface area contributed by atoms with E-state index in [2.05, 4.69) is 15.8 Å². The van der Waals surface area contributed by atoms with Crippen LogP contribution in [-0.4, -0.2) is 24.8 Å². The number of hydrazone groups is 1. The number of nitrogens with one attached hydrogen (secondary N) is 2. The highest BCUT2D eigenvalue weighted by molar-refractivity contribution is 7.13. The van der Waals surface area contributed by atoms with Crippen LogP contribution in [0.2, 0.25) is 0 Å². The van der Waals surface area contributed by atoms with Gasteiger partial charge in [-0.3, -0.25) is 9.59 Å². The number of benzene rings is 2. The summed E-state index contributed by atoms with van der Waals surface area (Å²) in [6.45, 7) is 2.14. The molecule has 156 valence electrons. The van der Waals surface area contributed by atoms with Crippen molar-refractivity contribution < 1.29 is 19.1 Å². The van der Waals surface area contributed by atoms with Gasteiger partial charge < -0.3 is 14.8 Å². The van der Waals surface area contributed by atoms with Crippen LogP contribution in [0.25, 0.3) is 6.08 Å². The quantitative estimate of drug-likeness (QED) is 0.352. The van der Waals surface area contributed by atoms with Crippen LogP contribution < -0.4 is 20.2 Å². The van der Waals surface area contributed by atoms with Crippen LogP contribution >= 0.6 is 11.3 Å². The number of hydrogen-bond acceptors (Lipinski definition) is 6. The summed E-state index contributed by atoms with van der Waals surface area (Å²) in [5, 5.41) is 6.67. The molecule has 0 bridgehead atoms. The predicted molar refractivity (Wildman–Crippen MR) is 119 cm³/mol. The molecule has 1 aliphatic heterocycles. The highest BCUT2D eigenvalue weighted by Crippen LogP contribution is 2.33. The lowest BCUT2D eigenvalue weighted by Gasteiger charge is -2.09. The number of nitrogens with zero attached hydrogens (tertiary/aromatic N) is 1. The summed E-state index contributed by atoms with van der Waals surface area (Å²) in [6, 6.07) is 17.8. The van der Waals surface area contributed by atoms with Gasteiger partial charge in [-0.2, -0.15) is 5.10 Å². The van der Waals surface area contributed by atoms with Gasteiger partial charge in [-0.1, -0.05) is 24.3 Å². The van der Waals surface area contributed by atoms with Crippen molar-refractivity contribution in [3.8, 4) is 11.5 Å². The Hall–Kier alpha value is -3.91. The maximum absolute atomic E-state index is 12.8. The van der Waals surface area contributed by atoms with Gasteiger partial charge in [0.2, 0.25) is 6.79 Å². The molecule has 0 aliphatic carbocycles. The van der Waals surface area contributed by atoms with Crippen molar-refractivity contribution in [2.45, 2.75) is 6.92 Å². The Morgan fingerprint density at radius 3 is 2.61 bits per heavy atom. The van der Waals surface area contributed by atoms with Crippen LogP contribution in [-0.2, 0) is 4.79 Å². The molecule has 2 N–H and O–H groups in total. The molecule has 2 amide bonds. The predicted octanol–water partition coefficient (Wildman–Crippen LogP) is 3.71. The van der Waals surface area contributed by atoms with Gasteiger partial charge in [0, 0.05) is 15.3 Å². The minimum Gasteiger partial charge on any atom is -0.454 e. The lowest BCUT2D eigenvalue weighted by Crippen LogP contribution is -2.32. The van der Waals surface area contributed by atoms with E-state index in [1.54, 1.807) is 66.1 Å². The summed E-state index contributed by atoms with van der Waals surface area (Å²) in [5.41, 5.74) is 3.62. The highest BCUT2D eigenvalue weighted by Gasteiger charge is 2.16. The van der Waals surface area contributed by atoms with Gasteiger partial charge in [0.05, 0.1) is 6.21 Å². The van der Waals surface area contributed by atoms with Crippen molar-refractivity contribution in [2.75, 3.05) is 6.79 Å². The Balaban J connectivity index is 1.56. The number of aryl methyl sites for hydroxylation is 1. The number of carbonyl (C=O) groups excluding carboxylic acids is 2. The van der Waals surface area contributed by atoms with Crippen molar-refractivity contribution in [1.82, 2.24) is 10.7 Å². The molecule has 0 unspecified atom stereocenters. The Morgan fingerprint density at radius 2 is 1.84 bits per heavy atom. The second kappa shape index (κ2) is 9.27. The molecule has 0 fully saturated rings. The molecule has 7 nitrogen and oxygen atoms in total. The second-order valence-electron chi connectivity index (χ2n) is 6.64. The average Bonchev–Trinajstić information content (AvgIpc) is 3.42. The number of carbonyl (C=O) groups is 2. The summed E-state index contributed by atoms with van der Waals surface area (Å²) < 4.78 is 10.7. The smallest absolute Gasteiger partial charge is 0.287 e. The SMILES string of the molecule is Cc1ccc(C=NNC(=O)C(=Cc2ccc3c(c2)OCO3)NC(=O)c2ccccc2)s1. The number of rotatable bonds is 6. The molecule has 0 radical (unpaired) electrons. The minimum atomic E-state index is -0.550. The monoisotopic (exact) mass is 433 g/mol. The van der Waals surface area contributed by atoms with Crippen LogP contribution in [0, 0.1) is 6.92 Å². The summed E-state index contributed by atoms with van der Waals surface area (Å²) >= 11 is 1.56. The van der Waals surface area contributed by atoms with Gasteiger partial charge in [-0.15, -0.1) is 11.3 Å². The number of ether oxygens (including phenoxy) is 2. The summed E-state index contributed by atoms with van der Waals surface area (Å²) in [7, 11) is 0.